The fraction of sp³-hybridized carbons (Fsp3) is 0.611. The Labute approximate surface area is 128 Å². The number of hydrogen-bond acceptors (Lipinski definition) is 2. The number of nitrogens with one attached hydrogen (secondary N) is 1. The second-order valence-electron chi connectivity index (χ2n) is 6.32. The number of carbonyl (C=O) groups is 1. The van der Waals surface area contributed by atoms with Crippen LogP contribution in [0.25, 0.3) is 0 Å². The van der Waals surface area contributed by atoms with Crippen LogP contribution in [0.1, 0.15) is 46.8 Å². The van der Waals surface area contributed by atoms with Crippen LogP contribution in [0.5, 0.6) is 0 Å². The number of likely N-dealkylation sites (tertiary alicyclic amines) is 1. The highest BCUT2D eigenvalue weighted by molar-refractivity contribution is 5.97. The van der Waals surface area contributed by atoms with E-state index in [4.69, 9.17) is 0 Å². The van der Waals surface area contributed by atoms with Crippen LogP contribution in [0.15, 0.2) is 12.1 Å². The van der Waals surface area contributed by atoms with Crippen LogP contribution in [0, 0.1) is 26.7 Å². The minimum atomic E-state index is 0.215. The van der Waals surface area contributed by atoms with E-state index >= 15 is 0 Å². The molecule has 0 aromatic heterocycles. The average Bonchev–Trinajstić information content (AvgIpc) is 2.44. The van der Waals surface area contributed by atoms with Crippen molar-refractivity contribution in [3.8, 4) is 0 Å². The molecule has 0 unspecified atom stereocenters. The lowest BCUT2D eigenvalue weighted by molar-refractivity contribution is 0.0689. The van der Waals surface area contributed by atoms with Gasteiger partial charge in [0.15, 0.2) is 0 Å². The van der Waals surface area contributed by atoms with E-state index in [2.05, 4.69) is 31.3 Å². The number of hydrogen-bond donors (Lipinski definition) is 1. The van der Waals surface area contributed by atoms with Crippen molar-refractivity contribution in [2.24, 2.45) is 5.92 Å². The lowest BCUT2D eigenvalue weighted by atomic mass is 9.94. The third-order valence-electron chi connectivity index (χ3n) is 4.48. The maximum Gasteiger partial charge on any atom is 0.254 e. The van der Waals surface area contributed by atoms with Gasteiger partial charge in [-0.25, -0.2) is 0 Å². The minimum absolute atomic E-state index is 0.215. The third-order valence-corrected chi connectivity index (χ3v) is 4.48. The number of rotatable bonds is 4. The molecule has 1 heterocycles. The van der Waals surface area contributed by atoms with Crippen LogP contribution in [-0.2, 0) is 0 Å². The summed E-state index contributed by atoms with van der Waals surface area (Å²) in [6, 6.07) is 4.22. The topological polar surface area (TPSA) is 32.3 Å². The smallest absolute Gasteiger partial charge is 0.254 e. The molecule has 116 valence electrons. The molecule has 1 aromatic rings. The second kappa shape index (κ2) is 7.08. The van der Waals surface area contributed by atoms with E-state index in [1.165, 1.54) is 5.56 Å². The monoisotopic (exact) mass is 288 g/mol. The predicted molar refractivity (Wildman–Crippen MR) is 87.8 cm³/mol. The second-order valence-corrected chi connectivity index (χ2v) is 6.32. The molecule has 0 bridgehead atoms. The number of carbonyl (C=O) groups excluding carboxylic acids is 1. The van der Waals surface area contributed by atoms with E-state index in [1.807, 2.05) is 18.7 Å². The standard InChI is InChI=1S/C18H28N2O/c1-5-19-12-16-6-8-20(9-7-16)18(21)17-14(3)10-13(2)11-15(17)4/h10-11,16,19H,5-9,12H2,1-4H3. The highest BCUT2D eigenvalue weighted by atomic mass is 16.2. The van der Waals surface area contributed by atoms with Gasteiger partial charge in [-0.15, -0.1) is 0 Å². The van der Waals surface area contributed by atoms with Gasteiger partial charge >= 0.3 is 0 Å². The summed E-state index contributed by atoms with van der Waals surface area (Å²) in [7, 11) is 0. The summed E-state index contributed by atoms with van der Waals surface area (Å²) >= 11 is 0. The van der Waals surface area contributed by atoms with Gasteiger partial charge in [0, 0.05) is 18.7 Å². The molecule has 1 saturated heterocycles. The minimum Gasteiger partial charge on any atom is -0.339 e. The van der Waals surface area contributed by atoms with Gasteiger partial charge in [0.05, 0.1) is 0 Å². The third kappa shape index (κ3) is 3.85. The molecule has 1 N–H and O–H groups in total. The van der Waals surface area contributed by atoms with Gasteiger partial charge in [0.25, 0.3) is 5.91 Å². The molecule has 1 fully saturated rings. The molecule has 1 aliphatic heterocycles. The van der Waals surface area contributed by atoms with Crippen molar-refractivity contribution in [2.75, 3.05) is 26.2 Å². The van der Waals surface area contributed by atoms with Crippen LogP contribution in [-0.4, -0.2) is 37.0 Å². The van der Waals surface area contributed by atoms with E-state index in [-0.39, 0.29) is 5.91 Å². The van der Waals surface area contributed by atoms with Crippen molar-refractivity contribution in [1.82, 2.24) is 10.2 Å². The largest absolute Gasteiger partial charge is 0.339 e. The molecular weight excluding hydrogens is 260 g/mol. The van der Waals surface area contributed by atoms with Crippen molar-refractivity contribution in [1.29, 1.82) is 0 Å². The highest BCUT2D eigenvalue weighted by Gasteiger charge is 2.25. The Kier molecular flexibility index (Phi) is 5.40. The van der Waals surface area contributed by atoms with Gasteiger partial charge in [0.1, 0.15) is 0 Å². The van der Waals surface area contributed by atoms with Crippen LogP contribution in [0.4, 0.5) is 0 Å². The number of amides is 1. The number of nitrogens with zero attached hydrogens (tertiary/aromatic N) is 1. The molecule has 0 atom stereocenters. The van der Waals surface area contributed by atoms with Crippen LogP contribution in [0.2, 0.25) is 0 Å². The van der Waals surface area contributed by atoms with Gasteiger partial charge in [-0.2, -0.15) is 0 Å². The van der Waals surface area contributed by atoms with Crippen molar-refractivity contribution >= 4 is 5.91 Å². The Morgan fingerprint density at radius 3 is 2.29 bits per heavy atom. The lowest BCUT2D eigenvalue weighted by Crippen LogP contribution is -2.41. The molecule has 0 saturated carbocycles. The van der Waals surface area contributed by atoms with Gasteiger partial charge in [-0.1, -0.05) is 24.6 Å². The molecule has 3 nitrogen and oxygen atoms in total. The Morgan fingerprint density at radius 2 is 1.76 bits per heavy atom. The first-order chi connectivity index (χ1) is 10.0. The summed E-state index contributed by atoms with van der Waals surface area (Å²) in [6.45, 7) is 12.2. The zero-order valence-electron chi connectivity index (χ0n) is 13.8. The SMILES string of the molecule is CCNCC1CCN(C(=O)c2c(C)cc(C)cc2C)CC1. The molecular formula is C18H28N2O. The molecule has 1 aromatic carbocycles. The molecule has 0 spiro atoms. The lowest BCUT2D eigenvalue weighted by Gasteiger charge is -2.33. The highest BCUT2D eigenvalue weighted by Crippen LogP contribution is 2.22. The van der Waals surface area contributed by atoms with Crippen molar-refractivity contribution in [3.05, 3.63) is 34.4 Å². The number of piperidine rings is 1. The van der Waals surface area contributed by atoms with E-state index < -0.39 is 0 Å². The van der Waals surface area contributed by atoms with E-state index in [0.717, 1.165) is 55.7 Å². The summed E-state index contributed by atoms with van der Waals surface area (Å²) in [6.07, 6.45) is 2.23. The molecule has 0 aliphatic carbocycles. The fourth-order valence-electron chi connectivity index (χ4n) is 3.36. The van der Waals surface area contributed by atoms with Gasteiger partial charge in [-0.3, -0.25) is 4.79 Å². The van der Waals surface area contributed by atoms with Crippen molar-refractivity contribution in [3.63, 3.8) is 0 Å². The molecule has 2 rings (SSSR count). The Morgan fingerprint density at radius 1 is 1.19 bits per heavy atom. The Hall–Kier alpha value is -1.35. The van der Waals surface area contributed by atoms with Gasteiger partial charge in [0.2, 0.25) is 0 Å². The molecule has 1 aliphatic rings. The van der Waals surface area contributed by atoms with Gasteiger partial charge in [-0.05, 0) is 63.7 Å². The predicted octanol–water partition coefficient (Wildman–Crippen LogP) is 3.07. The van der Waals surface area contributed by atoms with Crippen molar-refractivity contribution in [2.45, 2.75) is 40.5 Å². The van der Waals surface area contributed by atoms with E-state index in [9.17, 15) is 4.79 Å². The summed E-state index contributed by atoms with van der Waals surface area (Å²) in [4.78, 5) is 14.8. The molecule has 21 heavy (non-hydrogen) atoms. The summed E-state index contributed by atoms with van der Waals surface area (Å²) in [5, 5.41) is 3.41. The van der Waals surface area contributed by atoms with E-state index in [1.54, 1.807) is 0 Å². The van der Waals surface area contributed by atoms with Crippen molar-refractivity contribution < 1.29 is 4.79 Å². The first-order valence-corrected chi connectivity index (χ1v) is 8.10. The first kappa shape index (κ1) is 16.0. The first-order valence-electron chi connectivity index (χ1n) is 8.10. The Balaban J connectivity index is 2.02. The summed E-state index contributed by atoms with van der Waals surface area (Å²) in [5.41, 5.74) is 4.34. The zero-order valence-corrected chi connectivity index (χ0v) is 13.8. The van der Waals surface area contributed by atoms with E-state index in [0.29, 0.717) is 5.92 Å². The maximum absolute atomic E-state index is 12.8. The fourth-order valence-corrected chi connectivity index (χ4v) is 3.36. The molecule has 1 amide bonds. The zero-order chi connectivity index (χ0) is 15.4. The average molecular weight is 288 g/mol. The summed E-state index contributed by atoms with van der Waals surface area (Å²) in [5.74, 6) is 0.932. The summed E-state index contributed by atoms with van der Waals surface area (Å²) < 4.78 is 0. The maximum atomic E-state index is 12.8. The van der Waals surface area contributed by atoms with Crippen LogP contribution >= 0.6 is 0 Å². The number of aryl methyl sites for hydroxylation is 3. The van der Waals surface area contributed by atoms with Crippen LogP contribution in [0.3, 0.4) is 0 Å². The normalized spacial score (nSPS) is 16.3. The van der Waals surface area contributed by atoms with Gasteiger partial charge < -0.3 is 10.2 Å². The molecule has 3 heteroatoms. The quantitative estimate of drug-likeness (QED) is 0.923. The number of benzene rings is 1. The molecule has 0 radical (unpaired) electrons. The Bertz CT molecular complexity index is 479. The van der Waals surface area contributed by atoms with Crippen LogP contribution < -0.4 is 5.32 Å².